The summed E-state index contributed by atoms with van der Waals surface area (Å²) in [4.78, 5) is 38.6. The van der Waals surface area contributed by atoms with Gasteiger partial charge in [0.05, 0.1) is 13.0 Å². The van der Waals surface area contributed by atoms with Gasteiger partial charge in [0.25, 0.3) is 0 Å². The van der Waals surface area contributed by atoms with Gasteiger partial charge < -0.3 is 19.6 Å². The van der Waals surface area contributed by atoms with E-state index in [1.165, 1.54) is 12.0 Å². The van der Waals surface area contributed by atoms with Gasteiger partial charge in [-0.1, -0.05) is 0 Å². The fourth-order valence-electron chi connectivity index (χ4n) is 3.38. The van der Waals surface area contributed by atoms with Crippen molar-refractivity contribution in [1.29, 1.82) is 0 Å². The smallest absolute Gasteiger partial charge is 0.325 e. The second-order valence-corrected chi connectivity index (χ2v) is 5.97. The number of carbonyl (C=O) groups is 3. The average Bonchev–Trinajstić information content (AvgIpc) is 3.00. The molecular weight excluding hydrogens is 276 g/mol. The van der Waals surface area contributed by atoms with Gasteiger partial charge in [-0.3, -0.25) is 9.59 Å². The maximum Gasteiger partial charge on any atom is 0.325 e. The minimum atomic E-state index is -0.843. The Bertz CT molecular complexity index is 451. The van der Waals surface area contributed by atoms with Gasteiger partial charge in [0.2, 0.25) is 0 Å². The van der Waals surface area contributed by atoms with Crippen LogP contribution in [0.1, 0.15) is 33.1 Å². The Kier molecular flexibility index (Phi) is 4.39. The molecular formula is C14H22N2O5. The van der Waals surface area contributed by atoms with Gasteiger partial charge in [0.15, 0.2) is 0 Å². The molecule has 2 amide bonds. The zero-order valence-corrected chi connectivity index (χ0v) is 12.6. The van der Waals surface area contributed by atoms with Crippen LogP contribution in [0, 0.1) is 5.92 Å². The third-order valence-electron chi connectivity index (χ3n) is 4.47. The van der Waals surface area contributed by atoms with Crippen molar-refractivity contribution in [2.45, 2.75) is 51.2 Å². The first-order chi connectivity index (χ1) is 9.86. The minimum Gasteiger partial charge on any atom is -0.481 e. The molecule has 0 saturated carbocycles. The van der Waals surface area contributed by atoms with E-state index in [1.807, 2.05) is 13.8 Å². The molecule has 0 aromatic heterocycles. The summed E-state index contributed by atoms with van der Waals surface area (Å²) in [5, 5.41) is 9.24. The number of ether oxygens (including phenoxy) is 1. The van der Waals surface area contributed by atoms with Crippen LogP contribution in [0.2, 0.25) is 0 Å². The van der Waals surface area contributed by atoms with Gasteiger partial charge in [-0.15, -0.1) is 0 Å². The molecule has 118 valence electrons. The monoisotopic (exact) mass is 298 g/mol. The molecule has 2 aliphatic rings. The third-order valence-corrected chi connectivity index (χ3v) is 4.47. The summed E-state index contributed by atoms with van der Waals surface area (Å²) in [6.07, 6.45) is 2.07. The number of fused-ring (bicyclic) bond motifs is 2. The Balaban J connectivity index is 2.14. The first kappa shape index (κ1) is 15.6. The molecule has 7 nitrogen and oxygen atoms in total. The van der Waals surface area contributed by atoms with Crippen molar-refractivity contribution < 1.29 is 24.2 Å². The van der Waals surface area contributed by atoms with Crippen LogP contribution in [0.4, 0.5) is 4.79 Å². The van der Waals surface area contributed by atoms with Crippen molar-refractivity contribution in [1.82, 2.24) is 9.80 Å². The Hall–Kier alpha value is -1.79. The van der Waals surface area contributed by atoms with E-state index in [4.69, 9.17) is 0 Å². The number of methoxy groups -OCH3 is 1. The lowest BCUT2D eigenvalue weighted by Gasteiger charge is -2.33. The normalized spacial score (nSPS) is 27.0. The summed E-state index contributed by atoms with van der Waals surface area (Å²) in [6, 6.07) is -0.687. The fourth-order valence-corrected chi connectivity index (χ4v) is 3.38. The first-order valence-electron chi connectivity index (χ1n) is 7.25. The maximum atomic E-state index is 12.7. The summed E-state index contributed by atoms with van der Waals surface area (Å²) in [5.41, 5.74) is 0. The summed E-state index contributed by atoms with van der Waals surface area (Å²) in [7, 11) is 1.28. The van der Waals surface area contributed by atoms with E-state index < -0.39 is 17.9 Å². The summed E-state index contributed by atoms with van der Waals surface area (Å²) >= 11 is 0. The molecule has 3 atom stereocenters. The highest BCUT2D eigenvalue weighted by molar-refractivity contribution is 5.83. The Morgan fingerprint density at radius 2 is 2.00 bits per heavy atom. The Morgan fingerprint density at radius 3 is 2.48 bits per heavy atom. The van der Waals surface area contributed by atoms with Crippen molar-refractivity contribution in [3.63, 3.8) is 0 Å². The molecule has 0 spiro atoms. The second kappa shape index (κ2) is 5.91. The van der Waals surface area contributed by atoms with E-state index in [1.54, 1.807) is 4.90 Å². The number of urea groups is 1. The van der Waals surface area contributed by atoms with Gasteiger partial charge in [0.1, 0.15) is 6.54 Å². The van der Waals surface area contributed by atoms with Gasteiger partial charge in [0, 0.05) is 18.1 Å². The molecule has 0 aromatic rings. The SMILES string of the molecule is COC(=O)CN(C(=O)N1C2CCC1C(C(=O)O)C2)C(C)C. The summed E-state index contributed by atoms with van der Waals surface area (Å²) < 4.78 is 4.63. The van der Waals surface area contributed by atoms with E-state index in [9.17, 15) is 19.5 Å². The molecule has 21 heavy (non-hydrogen) atoms. The number of amides is 2. The van der Waals surface area contributed by atoms with Crippen LogP contribution in [-0.2, 0) is 14.3 Å². The number of nitrogens with zero attached hydrogens (tertiary/aromatic N) is 2. The average molecular weight is 298 g/mol. The number of carbonyl (C=O) groups excluding carboxylic acids is 2. The van der Waals surface area contributed by atoms with Crippen LogP contribution < -0.4 is 0 Å². The highest BCUT2D eigenvalue weighted by atomic mass is 16.5. The van der Waals surface area contributed by atoms with Crippen LogP contribution in [0.25, 0.3) is 0 Å². The number of carboxylic acids is 1. The highest BCUT2D eigenvalue weighted by Crippen LogP contribution is 2.42. The maximum absolute atomic E-state index is 12.7. The van der Waals surface area contributed by atoms with E-state index in [0.29, 0.717) is 6.42 Å². The summed E-state index contributed by atoms with van der Waals surface area (Å²) in [5.74, 6) is -1.80. The van der Waals surface area contributed by atoms with E-state index in [0.717, 1.165) is 12.8 Å². The molecule has 0 aliphatic carbocycles. The fraction of sp³-hybridized carbons (Fsp3) is 0.786. The van der Waals surface area contributed by atoms with Gasteiger partial charge >= 0.3 is 18.0 Å². The standard InChI is InChI=1S/C14H22N2O5/c1-8(2)15(7-12(17)21-3)14(20)16-9-4-5-11(16)10(6-9)13(18)19/h8-11H,4-7H2,1-3H3,(H,18,19). The molecule has 0 aromatic carbocycles. The molecule has 2 fully saturated rings. The molecule has 3 unspecified atom stereocenters. The van der Waals surface area contributed by atoms with Crippen molar-refractivity contribution in [2.24, 2.45) is 5.92 Å². The van der Waals surface area contributed by atoms with Gasteiger partial charge in [-0.05, 0) is 33.1 Å². The number of aliphatic carboxylic acids is 1. The topological polar surface area (TPSA) is 87.2 Å². The number of rotatable bonds is 4. The lowest BCUT2D eigenvalue weighted by atomic mass is 9.89. The molecule has 1 N–H and O–H groups in total. The lowest BCUT2D eigenvalue weighted by Crippen LogP contribution is -2.51. The van der Waals surface area contributed by atoms with Crippen LogP contribution in [0.5, 0.6) is 0 Å². The molecule has 2 rings (SSSR count). The lowest BCUT2D eigenvalue weighted by molar-refractivity contribution is -0.143. The number of carboxylic acid groups (broad SMARTS) is 1. The van der Waals surface area contributed by atoms with E-state index >= 15 is 0 Å². The quantitative estimate of drug-likeness (QED) is 0.780. The largest absolute Gasteiger partial charge is 0.481 e. The zero-order valence-electron chi connectivity index (χ0n) is 12.6. The minimum absolute atomic E-state index is 0.0255. The predicted octanol–water partition coefficient (Wildman–Crippen LogP) is 0.927. The predicted molar refractivity (Wildman–Crippen MR) is 73.6 cm³/mol. The van der Waals surface area contributed by atoms with Crippen LogP contribution in [0.15, 0.2) is 0 Å². The Morgan fingerprint density at radius 1 is 1.33 bits per heavy atom. The van der Waals surface area contributed by atoms with Gasteiger partial charge in [-0.25, -0.2) is 4.79 Å². The van der Waals surface area contributed by atoms with Crippen molar-refractivity contribution in [3.05, 3.63) is 0 Å². The third kappa shape index (κ3) is 2.82. The van der Waals surface area contributed by atoms with Crippen molar-refractivity contribution in [3.8, 4) is 0 Å². The number of esters is 1. The Labute approximate surface area is 123 Å². The van der Waals surface area contributed by atoms with Gasteiger partial charge in [-0.2, -0.15) is 0 Å². The molecule has 7 heteroatoms. The summed E-state index contributed by atoms with van der Waals surface area (Å²) in [6.45, 7) is 3.54. The van der Waals surface area contributed by atoms with Crippen molar-refractivity contribution >= 4 is 18.0 Å². The second-order valence-electron chi connectivity index (χ2n) is 5.97. The molecule has 2 bridgehead atoms. The zero-order chi connectivity index (χ0) is 15.7. The molecule has 2 saturated heterocycles. The van der Waals surface area contributed by atoms with Crippen LogP contribution in [-0.4, -0.2) is 64.7 Å². The first-order valence-corrected chi connectivity index (χ1v) is 7.25. The van der Waals surface area contributed by atoms with Crippen LogP contribution >= 0.6 is 0 Å². The van der Waals surface area contributed by atoms with E-state index in [-0.39, 0.29) is 30.7 Å². The molecule has 2 aliphatic heterocycles. The van der Waals surface area contributed by atoms with E-state index in [2.05, 4.69) is 4.74 Å². The molecule has 2 heterocycles. The molecule has 0 radical (unpaired) electrons. The van der Waals surface area contributed by atoms with Crippen LogP contribution in [0.3, 0.4) is 0 Å². The number of hydrogen-bond donors (Lipinski definition) is 1. The number of hydrogen-bond acceptors (Lipinski definition) is 4. The highest BCUT2D eigenvalue weighted by Gasteiger charge is 2.52. The van der Waals surface area contributed by atoms with Crippen molar-refractivity contribution in [2.75, 3.05) is 13.7 Å².